The number of hydrogen-bond donors (Lipinski definition) is 1. The summed E-state index contributed by atoms with van der Waals surface area (Å²) in [7, 11) is 0. The number of rotatable bonds is 5. The zero-order valence-electron chi connectivity index (χ0n) is 14.5. The van der Waals surface area contributed by atoms with E-state index in [1.54, 1.807) is 25.1 Å². The van der Waals surface area contributed by atoms with Crippen molar-refractivity contribution in [3.63, 3.8) is 0 Å². The van der Waals surface area contributed by atoms with Gasteiger partial charge in [0.05, 0.1) is 11.6 Å². The molecule has 1 atom stereocenters. The number of carbonyl (C=O) groups excluding carboxylic acids is 2. The Bertz CT molecular complexity index is 998. The van der Waals surface area contributed by atoms with Gasteiger partial charge in [0, 0.05) is 11.6 Å². The molecule has 3 aromatic carbocycles. The fourth-order valence-electron chi connectivity index (χ4n) is 2.83. The largest absolute Gasteiger partial charge is 0.452 e. The SMILES string of the molecule is C[C@H](NC(=O)COC(=O)c1cccc2ccccc12)c1ccc(F)cc1F. The van der Waals surface area contributed by atoms with E-state index in [9.17, 15) is 18.4 Å². The molecule has 4 nitrogen and oxygen atoms in total. The Hall–Kier alpha value is -3.28. The Balaban J connectivity index is 1.62. The topological polar surface area (TPSA) is 55.4 Å². The molecule has 3 aromatic rings. The zero-order valence-corrected chi connectivity index (χ0v) is 14.5. The lowest BCUT2D eigenvalue weighted by molar-refractivity contribution is -0.124. The molecule has 0 aliphatic carbocycles. The van der Waals surface area contributed by atoms with Crippen LogP contribution in [0, 0.1) is 11.6 Å². The molecule has 0 saturated heterocycles. The van der Waals surface area contributed by atoms with Gasteiger partial charge in [0.1, 0.15) is 11.6 Å². The van der Waals surface area contributed by atoms with Gasteiger partial charge in [-0.3, -0.25) is 4.79 Å². The molecule has 0 unspecified atom stereocenters. The standard InChI is InChI=1S/C21H17F2NO3/c1-13(16-10-9-15(22)11-19(16)23)24-20(25)12-27-21(26)18-8-4-6-14-5-2-3-7-17(14)18/h2-11,13H,12H2,1H3,(H,24,25)/t13-/m0/s1. The monoisotopic (exact) mass is 369 g/mol. The smallest absolute Gasteiger partial charge is 0.339 e. The maximum Gasteiger partial charge on any atom is 0.339 e. The van der Waals surface area contributed by atoms with Crippen molar-refractivity contribution in [2.75, 3.05) is 6.61 Å². The second kappa shape index (κ2) is 7.95. The van der Waals surface area contributed by atoms with E-state index in [2.05, 4.69) is 5.32 Å². The molecule has 0 spiro atoms. The fraction of sp³-hybridized carbons (Fsp3) is 0.143. The van der Waals surface area contributed by atoms with E-state index in [-0.39, 0.29) is 5.56 Å². The predicted molar refractivity (Wildman–Crippen MR) is 97.1 cm³/mol. The molecule has 0 heterocycles. The molecule has 0 radical (unpaired) electrons. The van der Waals surface area contributed by atoms with E-state index in [0.717, 1.165) is 22.9 Å². The van der Waals surface area contributed by atoms with Gasteiger partial charge >= 0.3 is 5.97 Å². The summed E-state index contributed by atoms with van der Waals surface area (Å²) >= 11 is 0. The van der Waals surface area contributed by atoms with Crippen LogP contribution in [-0.2, 0) is 9.53 Å². The van der Waals surface area contributed by atoms with Crippen molar-refractivity contribution < 1.29 is 23.1 Å². The molecule has 1 N–H and O–H groups in total. The van der Waals surface area contributed by atoms with Crippen LogP contribution >= 0.6 is 0 Å². The lowest BCUT2D eigenvalue weighted by Gasteiger charge is -2.15. The Labute approximate surface area is 154 Å². The third kappa shape index (κ3) is 4.28. The van der Waals surface area contributed by atoms with E-state index < -0.39 is 36.2 Å². The number of esters is 1. The highest BCUT2D eigenvalue weighted by atomic mass is 19.1. The van der Waals surface area contributed by atoms with Crippen molar-refractivity contribution in [3.05, 3.63) is 83.4 Å². The zero-order chi connectivity index (χ0) is 19.4. The van der Waals surface area contributed by atoms with Crippen LogP contribution in [0.1, 0.15) is 28.9 Å². The summed E-state index contributed by atoms with van der Waals surface area (Å²) < 4.78 is 31.8. The van der Waals surface area contributed by atoms with Crippen molar-refractivity contribution >= 4 is 22.6 Å². The lowest BCUT2D eigenvalue weighted by Crippen LogP contribution is -2.31. The maximum absolute atomic E-state index is 13.8. The normalized spacial score (nSPS) is 11.8. The van der Waals surface area contributed by atoms with E-state index in [4.69, 9.17) is 4.74 Å². The number of nitrogens with one attached hydrogen (secondary N) is 1. The first-order chi connectivity index (χ1) is 13.0. The number of hydrogen-bond acceptors (Lipinski definition) is 3. The minimum absolute atomic E-state index is 0.144. The summed E-state index contributed by atoms with van der Waals surface area (Å²) in [5.74, 6) is -2.66. The first-order valence-electron chi connectivity index (χ1n) is 8.35. The van der Waals surface area contributed by atoms with Gasteiger partial charge in [-0.15, -0.1) is 0 Å². The second-order valence-electron chi connectivity index (χ2n) is 6.06. The first kappa shape index (κ1) is 18.5. The Morgan fingerprint density at radius 2 is 1.78 bits per heavy atom. The number of amides is 1. The molecule has 6 heteroatoms. The fourth-order valence-corrected chi connectivity index (χ4v) is 2.83. The molecule has 0 bridgehead atoms. The lowest BCUT2D eigenvalue weighted by atomic mass is 10.1. The summed E-state index contributed by atoms with van der Waals surface area (Å²) in [6, 6.07) is 15.0. The first-order valence-corrected chi connectivity index (χ1v) is 8.35. The van der Waals surface area contributed by atoms with Crippen molar-refractivity contribution in [1.82, 2.24) is 5.32 Å². The van der Waals surface area contributed by atoms with Gasteiger partial charge in [0.2, 0.25) is 0 Å². The molecule has 0 fully saturated rings. The summed E-state index contributed by atoms with van der Waals surface area (Å²) in [6.07, 6.45) is 0. The van der Waals surface area contributed by atoms with E-state index in [1.165, 1.54) is 6.07 Å². The highest BCUT2D eigenvalue weighted by Gasteiger charge is 2.17. The van der Waals surface area contributed by atoms with Crippen LogP contribution in [-0.4, -0.2) is 18.5 Å². The molecule has 0 saturated carbocycles. The van der Waals surface area contributed by atoms with Gasteiger partial charge in [-0.2, -0.15) is 0 Å². The number of carbonyl (C=O) groups is 2. The Kier molecular flexibility index (Phi) is 5.45. The quantitative estimate of drug-likeness (QED) is 0.688. The average molecular weight is 369 g/mol. The average Bonchev–Trinajstić information content (AvgIpc) is 2.65. The van der Waals surface area contributed by atoms with E-state index in [1.807, 2.05) is 24.3 Å². The predicted octanol–water partition coefficient (Wildman–Crippen LogP) is 4.15. The molecule has 1 amide bonds. The van der Waals surface area contributed by atoms with Crippen LogP contribution in [0.5, 0.6) is 0 Å². The number of halogens is 2. The highest BCUT2D eigenvalue weighted by molar-refractivity contribution is 6.04. The molecular formula is C21H17F2NO3. The van der Waals surface area contributed by atoms with Gasteiger partial charge in [-0.1, -0.05) is 42.5 Å². The van der Waals surface area contributed by atoms with Gasteiger partial charge in [-0.25, -0.2) is 13.6 Å². The van der Waals surface area contributed by atoms with Gasteiger partial charge in [0.25, 0.3) is 5.91 Å². The Morgan fingerprint density at radius 3 is 2.56 bits per heavy atom. The van der Waals surface area contributed by atoms with E-state index >= 15 is 0 Å². The van der Waals surface area contributed by atoms with Crippen LogP contribution in [0.4, 0.5) is 8.78 Å². The molecule has 3 rings (SSSR count). The number of ether oxygens (including phenoxy) is 1. The van der Waals surface area contributed by atoms with Gasteiger partial charge in [0.15, 0.2) is 6.61 Å². The minimum atomic E-state index is -0.754. The van der Waals surface area contributed by atoms with Crippen LogP contribution in [0.3, 0.4) is 0 Å². The Morgan fingerprint density at radius 1 is 1.04 bits per heavy atom. The molecule has 0 aromatic heterocycles. The number of fused-ring (bicyclic) bond motifs is 1. The van der Waals surface area contributed by atoms with E-state index in [0.29, 0.717) is 5.56 Å². The third-order valence-corrected chi connectivity index (χ3v) is 4.15. The van der Waals surface area contributed by atoms with Crippen molar-refractivity contribution in [2.45, 2.75) is 13.0 Å². The van der Waals surface area contributed by atoms with Crippen LogP contribution < -0.4 is 5.32 Å². The van der Waals surface area contributed by atoms with Crippen LogP contribution in [0.25, 0.3) is 10.8 Å². The molecule has 0 aliphatic heterocycles. The van der Waals surface area contributed by atoms with Crippen molar-refractivity contribution in [3.8, 4) is 0 Å². The molecule has 27 heavy (non-hydrogen) atoms. The minimum Gasteiger partial charge on any atom is -0.452 e. The number of benzene rings is 3. The second-order valence-corrected chi connectivity index (χ2v) is 6.06. The third-order valence-electron chi connectivity index (χ3n) is 4.15. The van der Waals surface area contributed by atoms with Crippen LogP contribution in [0.15, 0.2) is 60.7 Å². The molecular weight excluding hydrogens is 352 g/mol. The summed E-state index contributed by atoms with van der Waals surface area (Å²) in [6.45, 7) is 1.05. The molecule has 0 aliphatic rings. The van der Waals surface area contributed by atoms with Gasteiger partial charge in [-0.05, 0) is 29.8 Å². The summed E-state index contributed by atoms with van der Waals surface area (Å²) in [5, 5.41) is 4.14. The summed E-state index contributed by atoms with van der Waals surface area (Å²) in [5.41, 5.74) is 0.503. The maximum atomic E-state index is 13.8. The van der Waals surface area contributed by atoms with Gasteiger partial charge < -0.3 is 10.1 Å². The molecule has 138 valence electrons. The van der Waals surface area contributed by atoms with Crippen LogP contribution in [0.2, 0.25) is 0 Å². The highest BCUT2D eigenvalue weighted by Crippen LogP contribution is 2.20. The van der Waals surface area contributed by atoms with Crippen molar-refractivity contribution in [2.24, 2.45) is 0 Å². The van der Waals surface area contributed by atoms with Crippen molar-refractivity contribution in [1.29, 1.82) is 0 Å². The summed E-state index contributed by atoms with van der Waals surface area (Å²) in [4.78, 5) is 24.3.